The Balaban J connectivity index is 1.23. The lowest BCUT2D eigenvalue weighted by molar-refractivity contribution is 1.07. The van der Waals surface area contributed by atoms with Crippen molar-refractivity contribution in [2.75, 3.05) is 0 Å². The summed E-state index contributed by atoms with van der Waals surface area (Å²) < 4.78 is 1.28. The van der Waals surface area contributed by atoms with E-state index in [-0.39, 0.29) is 0 Å². The van der Waals surface area contributed by atoms with E-state index in [1.54, 1.807) is 11.3 Å². The highest BCUT2D eigenvalue weighted by Gasteiger charge is 2.14. The fourth-order valence-electron chi connectivity index (χ4n) is 5.41. The molecule has 0 radical (unpaired) electrons. The molecule has 5 aromatic carbocycles. The molecule has 3 aromatic heterocycles. The van der Waals surface area contributed by atoms with Crippen LogP contribution in [0.25, 0.3) is 76.4 Å². The van der Waals surface area contributed by atoms with Gasteiger partial charge >= 0.3 is 0 Å². The van der Waals surface area contributed by atoms with E-state index in [9.17, 15) is 0 Å². The summed E-state index contributed by atoms with van der Waals surface area (Å²) in [7, 11) is 0. The van der Waals surface area contributed by atoms with Crippen molar-refractivity contribution in [1.29, 1.82) is 0 Å². The first-order chi connectivity index (χ1) is 20.3. The van der Waals surface area contributed by atoms with E-state index in [0.717, 1.165) is 27.1 Å². The van der Waals surface area contributed by atoms with Gasteiger partial charge in [0.05, 0.1) is 0 Å². The summed E-state index contributed by atoms with van der Waals surface area (Å²) in [6.45, 7) is 0. The third-order valence-electron chi connectivity index (χ3n) is 7.43. The van der Waals surface area contributed by atoms with Gasteiger partial charge in [0, 0.05) is 43.7 Å². The zero-order valence-corrected chi connectivity index (χ0v) is 22.7. The number of thiophene rings is 1. The van der Waals surface area contributed by atoms with Crippen LogP contribution in [0.5, 0.6) is 0 Å². The van der Waals surface area contributed by atoms with Crippen molar-refractivity contribution in [3.63, 3.8) is 0 Å². The van der Waals surface area contributed by atoms with Crippen LogP contribution >= 0.6 is 11.3 Å². The Bertz CT molecular complexity index is 2130. The van der Waals surface area contributed by atoms with Crippen molar-refractivity contribution in [2.24, 2.45) is 0 Å². The first kappa shape index (κ1) is 23.6. The molecule has 0 bridgehead atoms. The summed E-state index contributed by atoms with van der Waals surface area (Å²) >= 11 is 1.76. The van der Waals surface area contributed by atoms with Crippen molar-refractivity contribution in [3.05, 3.63) is 134 Å². The van der Waals surface area contributed by atoms with Crippen LogP contribution in [-0.2, 0) is 0 Å². The zero-order chi connectivity index (χ0) is 27.2. The second kappa shape index (κ2) is 9.73. The zero-order valence-electron chi connectivity index (χ0n) is 21.9. The SMILES string of the molecule is c1ccc(-c2nc(-c3ccccc3)nc(-c3ccc(-c4cccc5c4ccc4c6cccnc6sc54)cc3)n2)cc1. The van der Waals surface area contributed by atoms with Gasteiger partial charge in [-0.25, -0.2) is 19.9 Å². The number of rotatable bonds is 4. The van der Waals surface area contributed by atoms with Gasteiger partial charge in [0.2, 0.25) is 0 Å². The second-order valence-corrected chi connectivity index (χ2v) is 10.9. The quantitative estimate of drug-likeness (QED) is 0.222. The van der Waals surface area contributed by atoms with Crippen molar-refractivity contribution >= 4 is 42.4 Å². The Hall–Kier alpha value is -5.26. The fraction of sp³-hybridized carbons (Fsp3) is 0. The Kier molecular flexibility index (Phi) is 5.61. The molecule has 5 heteroatoms. The maximum absolute atomic E-state index is 4.88. The van der Waals surface area contributed by atoms with Gasteiger partial charge in [0.25, 0.3) is 0 Å². The van der Waals surface area contributed by atoms with Crippen LogP contribution in [0.15, 0.2) is 134 Å². The molecule has 8 aromatic rings. The number of aromatic nitrogens is 4. The van der Waals surface area contributed by atoms with Crippen LogP contribution < -0.4 is 0 Å². The number of benzene rings is 5. The molecule has 0 saturated heterocycles. The van der Waals surface area contributed by atoms with Crippen LogP contribution in [0.3, 0.4) is 0 Å². The minimum atomic E-state index is 0.654. The molecule has 0 atom stereocenters. The molecule has 0 N–H and O–H groups in total. The predicted molar refractivity (Wildman–Crippen MR) is 170 cm³/mol. The molecule has 192 valence electrons. The topological polar surface area (TPSA) is 51.6 Å². The van der Waals surface area contributed by atoms with Crippen molar-refractivity contribution in [2.45, 2.75) is 0 Å². The van der Waals surface area contributed by atoms with Crippen LogP contribution in [0.1, 0.15) is 0 Å². The van der Waals surface area contributed by atoms with Crippen LogP contribution in [0, 0.1) is 0 Å². The molecule has 0 unspecified atom stereocenters. The summed E-state index contributed by atoms with van der Waals surface area (Å²) in [6.07, 6.45) is 1.87. The highest BCUT2D eigenvalue weighted by molar-refractivity contribution is 7.26. The minimum Gasteiger partial charge on any atom is -0.245 e. The molecule has 0 saturated carbocycles. The van der Waals surface area contributed by atoms with E-state index >= 15 is 0 Å². The van der Waals surface area contributed by atoms with Gasteiger partial charge in [0.1, 0.15) is 4.83 Å². The molecule has 0 aliphatic heterocycles. The van der Waals surface area contributed by atoms with E-state index in [1.807, 2.05) is 72.9 Å². The van der Waals surface area contributed by atoms with Crippen LogP contribution in [-0.4, -0.2) is 19.9 Å². The first-order valence-corrected chi connectivity index (χ1v) is 14.3. The standard InChI is InChI=1S/C36H22N4S/c1-3-9-24(10-4-1)33-38-34(25-11-5-2-6-12-25)40-35(39-33)26-18-16-23(17-19-26)27-13-7-14-29-28(27)20-21-30-31-15-8-22-37-36(31)41-32(29)30/h1-22H. The van der Waals surface area contributed by atoms with E-state index in [0.29, 0.717) is 17.5 Å². The molecule has 0 amide bonds. The van der Waals surface area contributed by atoms with Gasteiger partial charge in [-0.1, -0.05) is 115 Å². The number of fused-ring (bicyclic) bond motifs is 5. The summed E-state index contributed by atoms with van der Waals surface area (Å²) in [4.78, 5) is 20.2. The maximum Gasteiger partial charge on any atom is 0.164 e. The lowest BCUT2D eigenvalue weighted by Gasteiger charge is -2.10. The molecular formula is C36H22N4S. The average Bonchev–Trinajstić information content (AvgIpc) is 3.45. The summed E-state index contributed by atoms with van der Waals surface area (Å²) in [5.74, 6) is 1.98. The Morgan fingerprint density at radius 3 is 1.59 bits per heavy atom. The average molecular weight is 543 g/mol. The van der Waals surface area contributed by atoms with Crippen LogP contribution in [0.4, 0.5) is 0 Å². The van der Waals surface area contributed by atoms with E-state index < -0.39 is 0 Å². The third kappa shape index (κ3) is 4.15. The third-order valence-corrected chi connectivity index (χ3v) is 8.59. The molecule has 41 heavy (non-hydrogen) atoms. The highest BCUT2D eigenvalue weighted by Crippen LogP contribution is 2.40. The van der Waals surface area contributed by atoms with Gasteiger partial charge in [-0.3, -0.25) is 0 Å². The smallest absolute Gasteiger partial charge is 0.164 e. The molecule has 8 rings (SSSR count). The molecule has 0 aliphatic carbocycles. The van der Waals surface area contributed by atoms with Gasteiger partial charge in [-0.15, -0.1) is 11.3 Å². The summed E-state index contributed by atoms with van der Waals surface area (Å²) in [5.41, 5.74) is 5.22. The van der Waals surface area contributed by atoms with E-state index in [1.165, 1.54) is 31.8 Å². The van der Waals surface area contributed by atoms with Crippen molar-refractivity contribution in [3.8, 4) is 45.3 Å². The second-order valence-electron chi connectivity index (χ2n) is 9.92. The minimum absolute atomic E-state index is 0.654. The molecule has 3 heterocycles. The van der Waals surface area contributed by atoms with Gasteiger partial charge in [-0.2, -0.15) is 0 Å². The normalized spacial score (nSPS) is 11.4. The predicted octanol–water partition coefficient (Wildman–Crippen LogP) is 9.46. The van der Waals surface area contributed by atoms with Gasteiger partial charge in [-0.05, 0) is 28.6 Å². The fourth-order valence-corrected chi connectivity index (χ4v) is 6.59. The summed E-state index contributed by atoms with van der Waals surface area (Å²) in [6, 6.07) is 43.9. The molecular weight excluding hydrogens is 520 g/mol. The Morgan fingerprint density at radius 1 is 0.390 bits per heavy atom. The summed E-state index contributed by atoms with van der Waals surface area (Å²) in [5, 5.41) is 4.96. The lowest BCUT2D eigenvalue weighted by Crippen LogP contribution is -2.00. The Labute approximate surface area is 240 Å². The highest BCUT2D eigenvalue weighted by atomic mass is 32.1. The molecule has 0 spiro atoms. The lowest BCUT2D eigenvalue weighted by atomic mass is 9.96. The number of hydrogen-bond donors (Lipinski definition) is 0. The first-order valence-electron chi connectivity index (χ1n) is 13.5. The van der Waals surface area contributed by atoms with Gasteiger partial charge in [0.15, 0.2) is 17.5 Å². The molecule has 4 nitrogen and oxygen atoms in total. The van der Waals surface area contributed by atoms with E-state index in [4.69, 9.17) is 15.0 Å². The molecule has 0 fully saturated rings. The van der Waals surface area contributed by atoms with Gasteiger partial charge < -0.3 is 0 Å². The van der Waals surface area contributed by atoms with Crippen molar-refractivity contribution < 1.29 is 0 Å². The van der Waals surface area contributed by atoms with Crippen LogP contribution in [0.2, 0.25) is 0 Å². The number of nitrogens with zero attached hydrogens (tertiary/aromatic N) is 4. The molecule has 0 aliphatic rings. The monoisotopic (exact) mass is 542 g/mol. The Morgan fingerprint density at radius 2 is 0.927 bits per heavy atom. The van der Waals surface area contributed by atoms with Crippen molar-refractivity contribution in [1.82, 2.24) is 19.9 Å². The largest absolute Gasteiger partial charge is 0.245 e. The number of pyridine rings is 1. The van der Waals surface area contributed by atoms with E-state index in [2.05, 4.69) is 65.6 Å². The number of hydrogen-bond acceptors (Lipinski definition) is 5. The maximum atomic E-state index is 4.88.